The molecule has 2 aromatic rings. The number of nitrogens with zero attached hydrogens (tertiary/aromatic N) is 1. The molecule has 0 bridgehead atoms. The summed E-state index contributed by atoms with van der Waals surface area (Å²) in [6.07, 6.45) is 1.47. The normalized spacial score (nSPS) is 11.6. The van der Waals surface area contributed by atoms with Gasteiger partial charge >= 0.3 is 5.97 Å². The van der Waals surface area contributed by atoms with E-state index in [1.807, 2.05) is 0 Å². The SMILES string of the molecule is C[C@@H](NC(=O)COC(=O)c1cc(Cl)ccc1[N+](=O)[O-])c1ccco1. The molecule has 0 aliphatic carbocycles. The first-order valence-electron chi connectivity index (χ1n) is 6.82. The largest absolute Gasteiger partial charge is 0.467 e. The summed E-state index contributed by atoms with van der Waals surface area (Å²) in [6, 6.07) is 6.45. The molecule has 0 fully saturated rings. The minimum absolute atomic E-state index is 0.142. The lowest BCUT2D eigenvalue weighted by Gasteiger charge is -2.11. The van der Waals surface area contributed by atoms with Gasteiger partial charge in [0, 0.05) is 11.1 Å². The third-order valence-electron chi connectivity index (χ3n) is 3.06. The summed E-state index contributed by atoms with van der Waals surface area (Å²) in [4.78, 5) is 33.9. The number of rotatable bonds is 6. The number of carbonyl (C=O) groups excluding carboxylic acids is 2. The van der Waals surface area contributed by atoms with Crippen molar-refractivity contribution in [3.8, 4) is 0 Å². The monoisotopic (exact) mass is 352 g/mol. The summed E-state index contributed by atoms with van der Waals surface area (Å²) >= 11 is 5.73. The van der Waals surface area contributed by atoms with Gasteiger partial charge in [0.25, 0.3) is 11.6 Å². The average Bonchev–Trinajstić information content (AvgIpc) is 3.06. The van der Waals surface area contributed by atoms with E-state index in [1.54, 1.807) is 19.1 Å². The second kappa shape index (κ2) is 7.60. The van der Waals surface area contributed by atoms with Crippen LogP contribution < -0.4 is 5.32 Å². The molecule has 0 aliphatic heterocycles. The Hall–Kier alpha value is -2.87. The molecule has 0 saturated heterocycles. The smallest absolute Gasteiger partial charge is 0.345 e. The van der Waals surface area contributed by atoms with E-state index in [1.165, 1.54) is 12.3 Å². The molecular formula is C15H13ClN2O6. The van der Waals surface area contributed by atoms with Crippen molar-refractivity contribution in [1.82, 2.24) is 5.32 Å². The Balaban J connectivity index is 1.97. The maximum Gasteiger partial charge on any atom is 0.345 e. The number of ether oxygens (including phenoxy) is 1. The van der Waals surface area contributed by atoms with Crippen molar-refractivity contribution in [2.75, 3.05) is 6.61 Å². The number of carbonyl (C=O) groups is 2. The van der Waals surface area contributed by atoms with Crippen molar-refractivity contribution < 1.29 is 23.7 Å². The maximum absolute atomic E-state index is 12.0. The van der Waals surface area contributed by atoms with Gasteiger partial charge in [-0.3, -0.25) is 14.9 Å². The molecule has 126 valence electrons. The molecule has 1 aromatic carbocycles. The zero-order chi connectivity index (χ0) is 17.7. The molecule has 1 aromatic heterocycles. The zero-order valence-corrected chi connectivity index (χ0v) is 13.3. The Kier molecular flexibility index (Phi) is 5.54. The van der Waals surface area contributed by atoms with Gasteiger partial charge in [-0.15, -0.1) is 0 Å². The van der Waals surface area contributed by atoms with Crippen LogP contribution in [0.1, 0.15) is 29.1 Å². The molecule has 24 heavy (non-hydrogen) atoms. The molecule has 0 unspecified atom stereocenters. The molecule has 0 aliphatic rings. The van der Waals surface area contributed by atoms with E-state index < -0.39 is 35.1 Å². The molecule has 0 spiro atoms. The summed E-state index contributed by atoms with van der Waals surface area (Å²) in [6.45, 7) is 1.11. The lowest BCUT2D eigenvalue weighted by atomic mass is 10.2. The fourth-order valence-corrected chi connectivity index (χ4v) is 2.10. The minimum atomic E-state index is -1.01. The lowest BCUT2D eigenvalue weighted by Crippen LogP contribution is -2.31. The maximum atomic E-state index is 12.0. The van der Waals surface area contributed by atoms with Crippen LogP contribution in [-0.2, 0) is 9.53 Å². The van der Waals surface area contributed by atoms with Crippen molar-refractivity contribution in [3.05, 3.63) is 63.1 Å². The highest BCUT2D eigenvalue weighted by Crippen LogP contribution is 2.23. The van der Waals surface area contributed by atoms with Crippen LogP contribution in [0.2, 0.25) is 5.02 Å². The van der Waals surface area contributed by atoms with E-state index >= 15 is 0 Å². The third-order valence-corrected chi connectivity index (χ3v) is 3.29. The Morgan fingerprint density at radius 1 is 1.42 bits per heavy atom. The van der Waals surface area contributed by atoms with Crippen molar-refractivity contribution in [2.24, 2.45) is 0 Å². The molecule has 1 heterocycles. The molecule has 1 N–H and O–H groups in total. The molecule has 1 atom stereocenters. The second-order valence-electron chi connectivity index (χ2n) is 4.80. The van der Waals surface area contributed by atoms with Gasteiger partial charge in [-0.2, -0.15) is 0 Å². The van der Waals surface area contributed by atoms with Gasteiger partial charge in [-0.25, -0.2) is 4.79 Å². The number of esters is 1. The number of nitrogens with one attached hydrogen (secondary N) is 1. The number of benzene rings is 1. The molecule has 2 rings (SSSR count). The van der Waals surface area contributed by atoms with Crippen LogP contribution in [0, 0.1) is 10.1 Å². The van der Waals surface area contributed by atoms with Crippen molar-refractivity contribution in [2.45, 2.75) is 13.0 Å². The Morgan fingerprint density at radius 3 is 2.79 bits per heavy atom. The van der Waals surface area contributed by atoms with Crippen LogP contribution in [0.25, 0.3) is 0 Å². The van der Waals surface area contributed by atoms with Crippen LogP contribution in [0.3, 0.4) is 0 Å². The van der Waals surface area contributed by atoms with Crippen molar-refractivity contribution in [3.63, 3.8) is 0 Å². The minimum Gasteiger partial charge on any atom is -0.467 e. The fourth-order valence-electron chi connectivity index (χ4n) is 1.93. The van der Waals surface area contributed by atoms with E-state index in [0.717, 1.165) is 12.1 Å². The van der Waals surface area contributed by atoms with Gasteiger partial charge in [0.2, 0.25) is 0 Å². The first-order chi connectivity index (χ1) is 11.4. The van der Waals surface area contributed by atoms with Crippen LogP contribution in [0.5, 0.6) is 0 Å². The summed E-state index contributed by atoms with van der Waals surface area (Å²) in [5, 5.41) is 13.6. The summed E-state index contributed by atoms with van der Waals surface area (Å²) < 4.78 is 9.94. The molecule has 8 nitrogen and oxygen atoms in total. The van der Waals surface area contributed by atoms with Crippen molar-refractivity contribution in [1.29, 1.82) is 0 Å². The van der Waals surface area contributed by atoms with Crippen LogP contribution in [0.15, 0.2) is 41.0 Å². The van der Waals surface area contributed by atoms with E-state index in [4.69, 9.17) is 20.8 Å². The third kappa shape index (κ3) is 4.32. The van der Waals surface area contributed by atoms with Gasteiger partial charge in [-0.1, -0.05) is 11.6 Å². The van der Waals surface area contributed by atoms with Gasteiger partial charge in [-0.05, 0) is 31.2 Å². The number of furan rings is 1. The Bertz CT molecular complexity index is 759. The van der Waals surface area contributed by atoms with E-state index in [2.05, 4.69) is 5.32 Å². The quantitative estimate of drug-likeness (QED) is 0.486. The number of halogens is 1. The van der Waals surface area contributed by atoms with Gasteiger partial charge in [0.1, 0.15) is 11.3 Å². The highest BCUT2D eigenvalue weighted by Gasteiger charge is 2.23. The zero-order valence-electron chi connectivity index (χ0n) is 12.5. The first-order valence-corrected chi connectivity index (χ1v) is 7.20. The average molecular weight is 353 g/mol. The Labute approximate surface area is 141 Å². The molecular weight excluding hydrogens is 340 g/mol. The van der Waals surface area contributed by atoms with Gasteiger partial charge in [0.15, 0.2) is 6.61 Å². The van der Waals surface area contributed by atoms with Gasteiger partial charge < -0.3 is 14.5 Å². The number of nitro benzene ring substituents is 1. The topological polar surface area (TPSA) is 112 Å². The highest BCUT2D eigenvalue weighted by molar-refractivity contribution is 6.31. The molecule has 9 heteroatoms. The van der Waals surface area contributed by atoms with Gasteiger partial charge in [0.05, 0.1) is 17.2 Å². The number of nitro groups is 1. The Morgan fingerprint density at radius 2 is 2.17 bits per heavy atom. The second-order valence-corrected chi connectivity index (χ2v) is 5.24. The number of hydrogen-bond donors (Lipinski definition) is 1. The predicted octanol–water partition coefficient (Wildman–Crippen LogP) is 2.88. The molecule has 0 saturated carbocycles. The van der Waals surface area contributed by atoms with E-state index in [-0.39, 0.29) is 10.6 Å². The standard InChI is InChI=1S/C15H13ClN2O6/c1-9(13-3-2-6-23-13)17-14(19)8-24-15(20)11-7-10(16)4-5-12(11)18(21)22/h2-7,9H,8H2,1H3,(H,17,19)/t9-/m1/s1. The molecule has 0 radical (unpaired) electrons. The summed E-state index contributed by atoms with van der Waals surface area (Å²) in [7, 11) is 0. The van der Waals surface area contributed by atoms with E-state index in [0.29, 0.717) is 5.76 Å². The fraction of sp³-hybridized carbons (Fsp3) is 0.200. The number of amides is 1. The summed E-state index contributed by atoms with van der Waals surface area (Å²) in [5.41, 5.74) is -0.770. The van der Waals surface area contributed by atoms with Crippen molar-refractivity contribution >= 4 is 29.2 Å². The van der Waals surface area contributed by atoms with Crippen LogP contribution in [0.4, 0.5) is 5.69 Å². The van der Waals surface area contributed by atoms with Crippen LogP contribution >= 0.6 is 11.6 Å². The lowest BCUT2D eigenvalue weighted by molar-refractivity contribution is -0.385. The molecule has 1 amide bonds. The summed E-state index contributed by atoms with van der Waals surface area (Å²) in [5.74, 6) is -1.04. The first kappa shape index (κ1) is 17.5. The predicted molar refractivity (Wildman–Crippen MR) is 83.7 cm³/mol. The highest BCUT2D eigenvalue weighted by atomic mass is 35.5. The van der Waals surface area contributed by atoms with E-state index in [9.17, 15) is 19.7 Å². The number of hydrogen-bond acceptors (Lipinski definition) is 6. The van der Waals surface area contributed by atoms with Crippen LogP contribution in [-0.4, -0.2) is 23.4 Å².